The van der Waals surface area contributed by atoms with E-state index < -0.39 is 17.7 Å². The molecule has 0 radical (unpaired) electrons. The maximum Gasteiger partial charge on any atom is 0.410 e. The molecule has 4 aliphatic rings. The first-order valence-electron chi connectivity index (χ1n) is 23.3. The van der Waals surface area contributed by atoms with Gasteiger partial charge in [-0.25, -0.2) is 13.6 Å². The molecule has 3 fully saturated rings. The van der Waals surface area contributed by atoms with E-state index >= 15 is 8.78 Å². The largest absolute Gasteiger partial charge is 0.468 e. The molecule has 10 rings (SSSR count). The average molecular weight is 916 g/mol. The summed E-state index contributed by atoms with van der Waals surface area (Å²) in [6.07, 6.45) is 6.66. The third-order valence-electron chi connectivity index (χ3n) is 13.5. The van der Waals surface area contributed by atoms with Crippen LogP contribution in [0.3, 0.4) is 0 Å². The van der Waals surface area contributed by atoms with Crippen LogP contribution < -0.4 is 14.4 Å². The number of hydrogen-bond donors (Lipinski definition) is 0. The molecular formula is C50H55F2N9O6. The second-order valence-electron chi connectivity index (χ2n) is 18.1. The molecule has 6 aromatic rings. The minimum Gasteiger partial charge on any atom is -0.468 e. The van der Waals surface area contributed by atoms with Crippen molar-refractivity contribution in [3.05, 3.63) is 101 Å². The Kier molecular flexibility index (Phi) is 12.6. The summed E-state index contributed by atoms with van der Waals surface area (Å²) < 4.78 is 57.9. The van der Waals surface area contributed by atoms with Crippen LogP contribution in [-0.4, -0.2) is 124 Å². The molecule has 2 saturated heterocycles. The van der Waals surface area contributed by atoms with Gasteiger partial charge in [-0.1, -0.05) is 43.3 Å². The van der Waals surface area contributed by atoms with E-state index in [1.54, 1.807) is 34.2 Å². The molecule has 6 heterocycles. The molecule has 17 heteroatoms. The van der Waals surface area contributed by atoms with E-state index in [9.17, 15) is 9.59 Å². The highest BCUT2D eigenvalue weighted by atomic mass is 19.1. The van der Waals surface area contributed by atoms with E-state index in [1.165, 1.54) is 26.0 Å². The zero-order valence-electron chi connectivity index (χ0n) is 38.0. The summed E-state index contributed by atoms with van der Waals surface area (Å²) in [7, 11) is 1.52. The normalized spacial score (nSPS) is 17.2. The van der Waals surface area contributed by atoms with Gasteiger partial charge >= 0.3 is 12.1 Å². The molecule has 0 unspecified atom stereocenters. The SMILES string of the molecule is CCc1c(F)ccc2cc(OCOC)cc(-c3ncc4c(N5CCCn6nc(C(=O)N7CCN(C(=O)OCc8ccccc8)CC7)cc6C5)nc(OCC5(CN6CCCC6)CC5)nc4c3F)c12. The van der Waals surface area contributed by atoms with E-state index in [0.717, 1.165) is 43.7 Å². The number of rotatable bonds is 14. The first-order valence-corrected chi connectivity index (χ1v) is 23.3. The average Bonchev–Trinajstić information content (AvgIpc) is 3.79. The van der Waals surface area contributed by atoms with E-state index in [0.29, 0.717) is 110 Å². The number of fused-ring (bicyclic) bond motifs is 3. The van der Waals surface area contributed by atoms with Crippen molar-refractivity contribution in [2.24, 2.45) is 5.41 Å². The number of amides is 2. The minimum absolute atomic E-state index is 0.00836. The predicted molar refractivity (Wildman–Crippen MR) is 247 cm³/mol. The quantitative estimate of drug-likeness (QED) is 0.0994. The Morgan fingerprint density at radius 3 is 2.40 bits per heavy atom. The van der Waals surface area contributed by atoms with Crippen molar-refractivity contribution in [2.45, 2.75) is 65.1 Å². The molecule has 3 aromatic carbocycles. The van der Waals surface area contributed by atoms with E-state index in [-0.39, 0.29) is 41.9 Å². The van der Waals surface area contributed by atoms with E-state index in [2.05, 4.69) is 4.90 Å². The summed E-state index contributed by atoms with van der Waals surface area (Å²) in [5.74, 6) is -0.444. The fraction of sp³-hybridized carbons (Fsp3) is 0.440. The first-order chi connectivity index (χ1) is 32.7. The van der Waals surface area contributed by atoms with Crippen LogP contribution in [0.5, 0.6) is 11.8 Å². The van der Waals surface area contributed by atoms with Gasteiger partial charge in [-0.05, 0) is 97.8 Å². The van der Waals surface area contributed by atoms with Crippen molar-refractivity contribution in [2.75, 3.05) is 77.8 Å². The lowest BCUT2D eigenvalue weighted by atomic mass is 9.94. The number of aromatic nitrogens is 5. The van der Waals surface area contributed by atoms with Crippen molar-refractivity contribution in [1.82, 2.24) is 39.4 Å². The second-order valence-corrected chi connectivity index (χ2v) is 18.1. The number of likely N-dealkylation sites (tertiary alicyclic amines) is 1. The highest BCUT2D eigenvalue weighted by molar-refractivity contribution is 6.02. The van der Waals surface area contributed by atoms with Gasteiger partial charge in [-0.15, -0.1) is 0 Å². The van der Waals surface area contributed by atoms with Crippen molar-refractivity contribution in [3.63, 3.8) is 0 Å². The summed E-state index contributed by atoms with van der Waals surface area (Å²) in [6, 6.07) is 17.9. The van der Waals surface area contributed by atoms with Gasteiger partial charge in [-0.3, -0.25) is 14.5 Å². The summed E-state index contributed by atoms with van der Waals surface area (Å²) in [5.41, 5.74) is 2.82. The molecular weight excluding hydrogens is 861 g/mol. The monoisotopic (exact) mass is 915 g/mol. The smallest absolute Gasteiger partial charge is 0.410 e. The van der Waals surface area contributed by atoms with Crippen LogP contribution >= 0.6 is 0 Å². The summed E-state index contributed by atoms with van der Waals surface area (Å²) in [5, 5.41) is 6.35. The van der Waals surface area contributed by atoms with E-state index in [1.807, 2.05) is 52.9 Å². The number of carbonyl (C=O) groups excluding carboxylic acids is 2. The third kappa shape index (κ3) is 9.31. The Bertz CT molecular complexity index is 2790. The van der Waals surface area contributed by atoms with Gasteiger partial charge in [0.1, 0.15) is 35.2 Å². The van der Waals surface area contributed by atoms with Crippen molar-refractivity contribution in [1.29, 1.82) is 0 Å². The fourth-order valence-electron chi connectivity index (χ4n) is 9.72. The third-order valence-corrected chi connectivity index (χ3v) is 13.5. The minimum atomic E-state index is -0.696. The maximum absolute atomic E-state index is 17.6. The Labute approximate surface area is 387 Å². The number of carbonyl (C=O) groups is 2. The van der Waals surface area contributed by atoms with Crippen LogP contribution in [0.4, 0.5) is 19.4 Å². The van der Waals surface area contributed by atoms with Gasteiger partial charge in [0.25, 0.3) is 5.91 Å². The number of piperazine rings is 1. The highest BCUT2D eigenvalue weighted by Gasteiger charge is 2.45. The predicted octanol–water partition coefficient (Wildman–Crippen LogP) is 7.62. The summed E-state index contributed by atoms with van der Waals surface area (Å²) >= 11 is 0. The molecule has 67 heavy (non-hydrogen) atoms. The number of pyridine rings is 1. The lowest BCUT2D eigenvalue weighted by Gasteiger charge is -2.33. The molecule has 0 bridgehead atoms. The molecule has 2 amide bonds. The van der Waals surface area contributed by atoms with Gasteiger partial charge < -0.3 is 38.5 Å². The van der Waals surface area contributed by atoms with Gasteiger partial charge in [0, 0.05) is 70.1 Å². The standard InChI is InChI=1S/C50H55F2N9O6/c1-3-37-40(51)13-12-34-24-36(67-32-64-2)26-38(42(34)37)44-43(52)45-39(27-53-44)46(55-48(54-45)66-31-50(14-15-50)30-57-16-7-8-17-57)60-18-9-19-61-35(28-60)25-41(56-61)47(62)58-20-22-59(23-21-58)49(63)65-29-33-10-5-4-6-11-33/h4-6,10-13,24-27H,3,7-9,14-23,28-32H2,1-2H3. The number of methoxy groups -OCH3 is 1. The molecule has 3 aliphatic heterocycles. The highest BCUT2D eigenvalue weighted by Crippen LogP contribution is 2.47. The zero-order valence-corrected chi connectivity index (χ0v) is 38.0. The van der Waals surface area contributed by atoms with Gasteiger partial charge in [0.2, 0.25) is 0 Å². The van der Waals surface area contributed by atoms with Crippen LogP contribution in [0.15, 0.2) is 66.9 Å². The molecule has 0 spiro atoms. The molecule has 15 nitrogen and oxygen atoms in total. The number of ether oxygens (including phenoxy) is 4. The van der Waals surface area contributed by atoms with Gasteiger partial charge in [0.05, 0.1) is 24.2 Å². The summed E-state index contributed by atoms with van der Waals surface area (Å²) in [4.78, 5) is 49.1. The number of benzene rings is 3. The maximum atomic E-state index is 17.6. The van der Waals surface area contributed by atoms with Crippen molar-refractivity contribution < 1.29 is 37.3 Å². The Morgan fingerprint density at radius 2 is 1.64 bits per heavy atom. The summed E-state index contributed by atoms with van der Waals surface area (Å²) in [6.45, 7) is 8.30. The van der Waals surface area contributed by atoms with Crippen LogP contribution in [0.2, 0.25) is 0 Å². The number of aryl methyl sites for hydroxylation is 2. The molecule has 350 valence electrons. The van der Waals surface area contributed by atoms with Crippen LogP contribution in [-0.2, 0) is 35.6 Å². The number of anilines is 1. The molecule has 3 aromatic heterocycles. The van der Waals surface area contributed by atoms with Crippen LogP contribution in [0.1, 0.15) is 66.3 Å². The van der Waals surface area contributed by atoms with E-state index in [4.69, 9.17) is 39.0 Å². The van der Waals surface area contributed by atoms with Crippen LogP contribution in [0.25, 0.3) is 32.9 Å². The molecule has 1 aliphatic carbocycles. The lowest BCUT2D eigenvalue weighted by molar-refractivity contribution is 0.0512. The zero-order chi connectivity index (χ0) is 46.1. The topological polar surface area (TPSA) is 141 Å². The van der Waals surface area contributed by atoms with Crippen molar-refractivity contribution >= 4 is 39.5 Å². The van der Waals surface area contributed by atoms with Crippen LogP contribution in [0, 0.1) is 17.0 Å². The lowest BCUT2D eigenvalue weighted by Crippen LogP contribution is -2.50. The molecule has 0 atom stereocenters. The van der Waals surface area contributed by atoms with Gasteiger partial charge in [-0.2, -0.15) is 15.1 Å². The Balaban J connectivity index is 0.947. The second kappa shape index (κ2) is 19.0. The van der Waals surface area contributed by atoms with Gasteiger partial charge in [0.15, 0.2) is 18.3 Å². The fourth-order valence-corrected chi connectivity index (χ4v) is 9.72. The first kappa shape index (κ1) is 44.4. The number of nitrogens with zero attached hydrogens (tertiary/aromatic N) is 9. The number of hydrogen-bond acceptors (Lipinski definition) is 12. The Hall–Kier alpha value is -6.46. The number of halogens is 2. The van der Waals surface area contributed by atoms with Crippen molar-refractivity contribution in [3.8, 4) is 23.0 Å². The molecule has 1 saturated carbocycles. The Morgan fingerprint density at radius 1 is 0.851 bits per heavy atom. The molecule has 0 N–H and O–H groups in total.